The number of amides is 1. The number of hydrogen-bond donors (Lipinski definition) is 1. The molecule has 0 radical (unpaired) electrons. The lowest BCUT2D eigenvalue weighted by Crippen LogP contribution is -2.52. The molecular weight excluding hydrogens is 256 g/mol. The van der Waals surface area contributed by atoms with Crippen LogP contribution in [-0.2, 0) is 4.74 Å². The number of carbonyl (C=O) groups excluding carboxylic acids is 1. The highest BCUT2D eigenvalue weighted by molar-refractivity contribution is 6.33. The molecule has 18 heavy (non-hydrogen) atoms. The maximum absolute atomic E-state index is 12.4. The van der Waals surface area contributed by atoms with E-state index in [0.717, 1.165) is 0 Å². The predicted octanol–water partition coefficient (Wildman–Crippen LogP) is 0.957. The molecule has 1 aromatic rings. The summed E-state index contributed by atoms with van der Waals surface area (Å²) in [4.78, 5) is 17.9. The van der Waals surface area contributed by atoms with Gasteiger partial charge in [-0.25, -0.2) is 0 Å². The average molecular weight is 271 g/mol. The van der Waals surface area contributed by atoms with Crippen LogP contribution in [0.15, 0.2) is 18.5 Å². The van der Waals surface area contributed by atoms with Crippen LogP contribution in [0.5, 0.6) is 0 Å². The van der Waals surface area contributed by atoms with Crippen molar-refractivity contribution < 1.29 is 14.6 Å². The molecule has 1 aromatic heterocycles. The van der Waals surface area contributed by atoms with Gasteiger partial charge in [0.05, 0.1) is 35.9 Å². The van der Waals surface area contributed by atoms with Gasteiger partial charge in [-0.3, -0.25) is 9.78 Å². The first-order valence-electron chi connectivity index (χ1n) is 5.76. The highest BCUT2D eigenvalue weighted by Crippen LogP contribution is 2.20. The molecule has 5 nitrogen and oxygen atoms in total. The lowest BCUT2D eigenvalue weighted by molar-refractivity contribution is -0.0667. The normalized spacial score (nSPS) is 24.1. The Kier molecular flexibility index (Phi) is 4.16. The summed E-state index contributed by atoms with van der Waals surface area (Å²) in [6, 6.07) is 1.56. The number of aromatic nitrogens is 1. The molecule has 0 saturated carbocycles. The van der Waals surface area contributed by atoms with Gasteiger partial charge in [-0.05, 0) is 13.0 Å². The summed E-state index contributed by atoms with van der Waals surface area (Å²) in [6.45, 7) is 2.59. The molecule has 6 heteroatoms. The number of ether oxygens (including phenoxy) is 1. The van der Waals surface area contributed by atoms with Crippen LogP contribution in [0, 0.1) is 0 Å². The van der Waals surface area contributed by atoms with Crippen LogP contribution in [0.3, 0.4) is 0 Å². The summed E-state index contributed by atoms with van der Waals surface area (Å²) in [5.41, 5.74) is 0.428. The zero-order valence-corrected chi connectivity index (χ0v) is 10.8. The second-order valence-corrected chi connectivity index (χ2v) is 4.71. The quantitative estimate of drug-likeness (QED) is 0.869. The van der Waals surface area contributed by atoms with E-state index >= 15 is 0 Å². The molecule has 1 fully saturated rings. The van der Waals surface area contributed by atoms with Gasteiger partial charge in [0.1, 0.15) is 0 Å². The van der Waals surface area contributed by atoms with Crippen molar-refractivity contribution in [3.8, 4) is 0 Å². The van der Waals surface area contributed by atoms with Gasteiger partial charge in [-0.2, -0.15) is 0 Å². The summed E-state index contributed by atoms with van der Waals surface area (Å²) in [6.07, 6.45) is 2.66. The predicted molar refractivity (Wildman–Crippen MR) is 66.6 cm³/mol. The molecule has 98 valence electrons. The fraction of sp³-hybridized carbons (Fsp3) is 0.500. The number of halogens is 1. The van der Waals surface area contributed by atoms with Crippen molar-refractivity contribution in [2.45, 2.75) is 19.1 Å². The molecule has 2 unspecified atom stereocenters. The van der Waals surface area contributed by atoms with Crippen molar-refractivity contribution in [2.24, 2.45) is 0 Å². The number of rotatable bonds is 2. The van der Waals surface area contributed by atoms with Gasteiger partial charge in [0.15, 0.2) is 0 Å². The molecule has 1 aliphatic rings. The molecule has 0 spiro atoms. The molecule has 1 amide bonds. The Balaban J connectivity index is 2.19. The van der Waals surface area contributed by atoms with Crippen LogP contribution in [0.2, 0.25) is 5.02 Å². The molecule has 1 N–H and O–H groups in total. The Bertz CT molecular complexity index is 441. The number of carbonyl (C=O) groups is 1. The number of nitrogens with zero attached hydrogens (tertiary/aromatic N) is 2. The number of morpholine rings is 1. The van der Waals surface area contributed by atoms with Crippen LogP contribution >= 0.6 is 11.6 Å². The van der Waals surface area contributed by atoms with Crippen LogP contribution in [-0.4, -0.2) is 52.8 Å². The van der Waals surface area contributed by atoms with Gasteiger partial charge in [-0.1, -0.05) is 11.6 Å². The van der Waals surface area contributed by atoms with Gasteiger partial charge >= 0.3 is 0 Å². The fourth-order valence-electron chi connectivity index (χ4n) is 1.91. The van der Waals surface area contributed by atoms with Gasteiger partial charge in [-0.15, -0.1) is 0 Å². The Morgan fingerprint density at radius 3 is 3.17 bits per heavy atom. The van der Waals surface area contributed by atoms with Gasteiger partial charge in [0.25, 0.3) is 5.91 Å². The smallest absolute Gasteiger partial charge is 0.255 e. The van der Waals surface area contributed by atoms with Crippen LogP contribution < -0.4 is 0 Å². The van der Waals surface area contributed by atoms with Gasteiger partial charge in [0.2, 0.25) is 0 Å². The Labute approximate surface area is 110 Å². The van der Waals surface area contributed by atoms with Crippen molar-refractivity contribution in [1.29, 1.82) is 0 Å². The Hall–Kier alpha value is -1.17. The van der Waals surface area contributed by atoms with Crippen molar-refractivity contribution in [3.05, 3.63) is 29.0 Å². The molecule has 2 atom stereocenters. The first-order valence-corrected chi connectivity index (χ1v) is 6.14. The maximum Gasteiger partial charge on any atom is 0.255 e. The van der Waals surface area contributed by atoms with E-state index in [2.05, 4.69) is 4.98 Å². The third-order valence-corrected chi connectivity index (χ3v) is 3.27. The second kappa shape index (κ2) is 5.65. The molecule has 2 heterocycles. The number of aliphatic hydroxyl groups is 1. The van der Waals surface area contributed by atoms with E-state index in [4.69, 9.17) is 21.4 Å². The number of hydrogen-bond acceptors (Lipinski definition) is 4. The molecular formula is C12H15ClN2O3. The Morgan fingerprint density at radius 1 is 1.72 bits per heavy atom. The summed E-state index contributed by atoms with van der Waals surface area (Å²) < 4.78 is 5.40. The van der Waals surface area contributed by atoms with E-state index in [0.29, 0.717) is 23.7 Å². The molecule has 1 saturated heterocycles. The van der Waals surface area contributed by atoms with Crippen LogP contribution in [0.1, 0.15) is 17.3 Å². The number of pyridine rings is 1. The third-order valence-electron chi connectivity index (χ3n) is 2.97. The third kappa shape index (κ3) is 2.63. The first-order chi connectivity index (χ1) is 8.63. The fourth-order valence-corrected chi connectivity index (χ4v) is 2.11. The highest BCUT2D eigenvalue weighted by atomic mass is 35.5. The molecule has 0 bridgehead atoms. The van der Waals surface area contributed by atoms with E-state index in [1.165, 1.54) is 12.4 Å². The standard InChI is InChI=1S/C12H15ClN2O3/c1-8-7-18-9(6-16)5-15(8)12(17)10-2-3-14-4-11(10)13/h2-4,8-9,16H,5-7H2,1H3. The monoisotopic (exact) mass is 270 g/mol. The lowest BCUT2D eigenvalue weighted by atomic mass is 10.1. The van der Waals surface area contributed by atoms with E-state index in [9.17, 15) is 4.79 Å². The molecule has 2 rings (SSSR count). The Morgan fingerprint density at radius 2 is 2.50 bits per heavy atom. The van der Waals surface area contributed by atoms with E-state index < -0.39 is 0 Å². The van der Waals surface area contributed by atoms with Crippen LogP contribution in [0.4, 0.5) is 0 Å². The minimum absolute atomic E-state index is 0.0375. The maximum atomic E-state index is 12.4. The summed E-state index contributed by atoms with van der Waals surface area (Å²) in [5.74, 6) is -0.156. The van der Waals surface area contributed by atoms with Crippen molar-refractivity contribution in [2.75, 3.05) is 19.8 Å². The molecule has 1 aliphatic heterocycles. The van der Waals surface area contributed by atoms with E-state index in [-0.39, 0.29) is 24.7 Å². The topological polar surface area (TPSA) is 62.7 Å². The van der Waals surface area contributed by atoms with Crippen molar-refractivity contribution in [1.82, 2.24) is 9.88 Å². The van der Waals surface area contributed by atoms with Gasteiger partial charge < -0.3 is 14.7 Å². The van der Waals surface area contributed by atoms with E-state index in [1.807, 2.05) is 6.92 Å². The zero-order chi connectivity index (χ0) is 13.1. The second-order valence-electron chi connectivity index (χ2n) is 4.30. The average Bonchev–Trinajstić information content (AvgIpc) is 2.39. The first kappa shape index (κ1) is 13.3. The van der Waals surface area contributed by atoms with Crippen molar-refractivity contribution in [3.63, 3.8) is 0 Å². The minimum atomic E-state index is -0.328. The molecule has 0 aromatic carbocycles. The van der Waals surface area contributed by atoms with E-state index in [1.54, 1.807) is 11.0 Å². The zero-order valence-electron chi connectivity index (χ0n) is 10.0. The minimum Gasteiger partial charge on any atom is -0.394 e. The molecule has 0 aliphatic carbocycles. The van der Waals surface area contributed by atoms with Crippen LogP contribution in [0.25, 0.3) is 0 Å². The highest BCUT2D eigenvalue weighted by Gasteiger charge is 2.30. The number of aliphatic hydroxyl groups excluding tert-OH is 1. The summed E-state index contributed by atoms with van der Waals surface area (Å²) in [5, 5.41) is 9.44. The van der Waals surface area contributed by atoms with Gasteiger partial charge in [0, 0.05) is 18.9 Å². The SMILES string of the molecule is CC1COC(CO)CN1C(=O)c1ccncc1Cl. The largest absolute Gasteiger partial charge is 0.394 e. The summed E-state index contributed by atoms with van der Waals surface area (Å²) in [7, 11) is 0. The van der Waals surface area contributed by atoms with Crippen molar-refractivity contribution >= 4 is 17.5 Å². The lowest BCUT2D eigenvalue weighted by Gasteiger charge is -2.37. The summed E-state index contributed by atoms with van der Waals surface area (Å²) >= 11 is 5.97.